The van der Waals surface area contributed by atoms with E-state index in [-0.39, 0.29) is 39.9 Å². The fourth-order valence-electron chi connectivity index (χ4n) is 2.29. The highest BCUT2D eigenvalue weighted by Crippen LogP contribution is 2.35. The molecular weight excluding hydrogens is 411 g/mol. The van der Waals surface area contributed by atoms with Gasteiger partial charge in [0.25, 0.3) is 5.91 Å². The van der Waals surface area contributed by atoms with Crippen molar-refractivity contribution in [3.05, 3.63) is 46.5 Å². The lowest BCUT2D eigenvalue weighted by molar-refractivity contribution is 0.0365. The molecule has 152 valence electrons. The van der Waals surface area contributed by atoms with Gasteiger partial charge < -0.3 is 5.32 Å². The summed E-state index contributed by atoms with van der Waals surface area (Å²) in [6.45, 7) is 3.47. The molecular formula is C17H20ClFN4O4S. The lowest BCUT2D eigenvalue weighted by atomic mass is 10.1. The zero-order chi connectivity index (χ0) is 21.1. The summed E-state index contributed by atoms with van der Waals surface area (Å²) >= 11 is 5.93. The van der Waals surface area contributed by atoms with E-state index in [1.807, 2.05) is 0 Å². The highest BCUT2D eigenvalue weighted by atomic mass is 35.5. The summed E-state index contributed by atoms with van der Waals surface area (Å²) < 4.78 is 39.5. The quantitative estimate of drug-likeness (QED) is 0.517. The Kier molecular flexibility index (Phi) is 6.81. The number of nitrogens with zero attached hydrogens (tertiary/aromatic N) is 2. The molecule has 0 radical (unpaired) electrons. The molecule has 0 aliphatic heterocycles. The first-order valence-corrected chi connectivity index (χ1v) is 10.4. The molecule has 8 nitrogen and oxygen atoms in total. The van der Waals surface area contributed by atoms with Gasteiger partial charge in [-0.1, -0.05) is 17.7 Å². The number of hydroxylamine groups is 1. The predicted octanol–water partition coefficient (Wildman–Crippen LogP) is 3.00. The van der Waals surface area contributed by atoms with Crippen LogP contribution in [0.3, 0.4) is 0 Å². The van der Waals surface area contributed by atoms with Gasteiger partial charge in [-0.15, -0.1) is 0 Å². The molecule has 1 aromatic heterocycles. The van der Waals surface area contributed by atoms with E-state index < -0.39 is 21.7 Å². The van der Waals surface area contributed by atoms with Gasteiger partial charge in [0.05, 0.1) is 29.8 Å². The number of hydrogen-bond donors (Lipinski definition) is 2. The first kappa shape index (κ1) is 21.9. The second kappa shape index (κ2) is 8.72. The smallest absolute Gasteiger partial charge is 0.278 e. The van der Waals surface area contributed by atoms with E-state index in [0.717, 1.165) is 10.6 Å². The number of anilines is 3. The minimum absolute atomic E-state index is 0.0757. The first-order chi connectivity index (χ1) is 13.1. The Labute approximate surface area is 167 Å². The van der Waals surface area contributed by atoms with Gasteiger partial charge in [-0.05, 0) is 31.5 Å². The molecule has 0 saturated carbocycles. The number of benzene rings is 1. The molecule has 2 aromatic rings. The third kappa shape index (κ3) is 4.89. The summed E-state index contributed by atoms with van der Waals surface area (Å²) in [6, 6.07) is 4.36. The van der Waals surface area contributed by atoms with Gasteiger partial charge >= 0.3 is 0 Å². The Morgan fingerprint density at radius 3 is 2.64 bits per heavy atom. The molecule has 0 aliphatic carbocycles. The molecule has 0 aliphatic rings. The van der Waals surface area contributed by atoms with E-state index in [9.17, 15) is 17.6 Å². The van der Waals surface area contributed by atoms with Crippen LogP contribution in [-0.2, 0) is 14.9 Å². The molecule has 0 atom stereocenters. The van der Waals surface area contributed by atoms with Crippen molar-refractivity contribution in [1.82, 2.24) is 10.5 Å². The summed E-state index contributed by atoms with van der Waals surface area (Å²) in [6.07, 6.45) is 2.19. The zero-order valence-electron chi connectivity index (χ0n) is 15.7. The van der Waals surface area contributed by atoms with Crippen LogP contribution in [0.15, 0.2) is 24.4 Å². The van der Waals surface area contributed by atoms with Gasteiger partial charge in [0, 0.05) is 13.2 Å². The SMILES string of the molecule is CCONC(=O)c1cnc(Cl)cc1Nc1ccc(C)c(F)c1N(C)S(C)(=O)=O. The number of rotatable bonds is 7. The second-order valence-electron chi connectivity index (χ2n) is 5.86. The molecule has 0 spiro atoms. The van der Waals surface area contributed by atoms with E-state index in [1.165, 1.54) is 38.4 Å². The van der Waals surface area contributed by atoms with Gasteiger partial charge in [-0.3, -0.25) is 13.9 Å². The van der Waals surface area contributed by atoms with Gasteiger partial charge in [-0.25, -0.2) is 23.3 Å². The van der Waals surface area contributed by atoms with Crippen molar-refractivity contribution in [2.75, 3.05) is 29.5 Å². The van der Waals surface area contributed by atoms with Crippen molar-refractivity contribution in [1.29, 1.82) is 0 Å². The molecule has 28 heavy (non-hydrogen) atoms. The summed E-state index contributed by atoms with van der Waals surface area (Å²) in [5.41, 5.74) is 2.71. The highest BCUT2D eigenvalue weighted by molar-refractivity contribution is 7.92. The van der Waals surface area contributed by atoms with E-state index in [0.29, 0.717) is 0 Å². The number of aromatic nitrogens is 1. The van der Waals surface area contributed by atoms with Crippen LogP contribution in [0.2, 0.25) is 5.15 Å². The molecule has 2 rings (SSSR count). The monoisotopic (exact) mass is 430 g/mol. The molecule has 0 bridgehead atoms. The summed E-state index contributed by atoms with van der Waals surface area (Å²) in [7, 11) is -2.50. The zero-order valence-corrected chi connectivity index (χ0v) is 17.3. The Hall–Kier alpha value is -2.43. The van der Waals surface area contributed by atoms with Crippen molar-refractivity contribution in [2.24, 2.45) is 0 Å². The van der Waals surface area contributed by atoms with E-state index in [4.69, 9.17) is 16.4 Å². The van der Waals surface area contributed by atoms with Gasteiger partial charge in [0.15, 0.2) is 5.82 Å². The topological polar surface area (TPSA) is 101 Å². The normalized spacial score (nSPS) is 11.2. The molecule has 11 heteroatoms. The molecule has 0 unspecified atom stereocenters. The third-order valence-electron chi connectivity index (χ3n) is 3.82. The number of hydrogen-bond acceptors (Lipinski definition) is 6. The Morgan fingerprint density at radius 2 is 2.04 bits per heavy atom. The number of sulfonamides is 1. The summed E-state index contributed by atoms with van der Waals surface area (Å²) in [5, 5.41) is 2.96. The van der Waals surface area contributed by atoms with E-state index in [2.05, 4.69) is 15.8 Å². The van der Waals surface area contributed by atoms with Crippen molar-refractivity contribution < 1.29 is 22.4 Å². The maximum Gasteiger partial charge on any atom is 0.278 e. The Bertz CT molecular complexity index is 1000. The number of halogens is 2. The minimum Gasteiger partial charge on any atom is -0.353 e. The summed E-state index contributed by atoms with van der Waals surface area (Å²) in [4.78, 5) is 21.0. The van der Waals surface area contributed by atoms with Crippen LogP contribution >= 0.6 is 11.6 Å². The average molecular weight is 431 g/mol. The molecule has 1 heterocycles. The lowest BCUT2D eigenvalue weighted by Gasteiger charge is -2.23. The van der Waals surface area contributed by atoms with E-state index in [1.54, 1.807) is 6.92 Å². The number of carbonyl (C=O) groups is 1. The second-order valence-corrected chi connectivity index (χ2v) is 8.27. The van der Waals surface area contributed by atoms with Crippen LogP contribution < -0.4 is 15.1 Å². The molecule has 1 amide bonds. The highest BCUT2D eigenvalue weighted by Gasteiger charge is 2.23. The number of nitrogens with one attached hydrogen (secondary N) is 2. The maximum atomic E-state index is 14.8. The lowest BCUT2D eigenvalue weighted by Crippen LogP contribution is -2.27. The number of carbonyl (C=O) groups excluding carboxylic acids is 1. The van der Waals surface area contributed by atoms with Crippen LogP contribution in [0.1, 0.15) is 22.8 Å². The fraction of sp³-hybridized carbons (Fsp3) is 0.294. The van der Waals surface area contributed by atoms with Crippen molar-refractivity contribution in [2.45, 2.75) is 13.8 Å². The Balaban J connectivity index is 2.56. The third-order valence-corrected chi connectivity index (χ3v) is 5.20. The van der Waals surface area contributed by atoms with Gasteiger partial charge in [0.1, 0.15) is 10.8 Å². The van der Waals surface area contributed by atoms with Gasteiger partial charge in [0.2, 0.25) is 10.0 Å². The fourth-order valence-corrected chi connectivity index (χ4v) is 2.96. The standard InChI is InChI=1S/C17H20ClFN4O4S/c1-5-27-22-17(24)11-9-20-14(18)8-13(11)21-12-7-6-10(2)15(19)16(12)23(3)28(4,25)26/h6-9H,5H2,1-4H3,(H,20,21)(H,22,24). The van der Waals surface area contributed by atoms with Crippen LogP contribution in [0.4, 0.5) is 21.5 Å². The minimum atomic E-state index is -3.74. The van der Waals surface area contributed by atoms with Crippen LogP contribution in [0.25, 0.3) is 0 Å². The Morgan fingerprint density at radius 1 is 1.36 bits per heavy atom. The maximum absolute atomic E-state index is 14.8. The first-order valence-electron chi connectivity index (χ1n) is 8.14. The van der Waals surface area contributed by atoms with Crippen LogP contribution in [-0.4, -0.2) is 39.2 Å². The van der Waals surface area contributed by atoms with Gasteiger partial charge in [-0.2, -0.15) is 0 Å². The van der Waals surface area contributed by atoms with Crippen molar-refractivity contribution >= 4 is 44.6 Å². The average Bonchev–Trinajstić information content (AvgIpc) is 2.62. The predicted molar refractivity (Wildman–Crippen MR) is 106 cm³/mol. The largest absolute Gasteiger partial charge is 0.353 e. The number of aryl methyl sites for hydroxylation is 1. The van der Waals surface area contributed by atoms with E-state index >= 15 is 0 Å². The molecule has 0 fully saturated rings. The van der Waals surface area contributed by atoms with Crippen molar-refractivity contribution in [3.8, 4) is 0 Å². The number of pyridine rings is 1. The molecule has 1 aromatic carbocycles. The number of amides is 1. The summed E-state index contributed by atoms with van der Waals surface area (Å²) in [5.74, 6) is -1.31. The van der Waals surface area contributed by atoms with Crippen molar-refractivity contribution in [3.63, 3.8) is 0 Å². The van der Waals surface area contributed by atoms with Crippen LogP contribution in [0, 0.1) is 12.7 Å². The molecule has 0 saturated heterocycles. The van der Waals surface area contributed by atoms with Crippen LogP contribution in [0.5, 0.6) is 0 Å². The molecule has 2 N–H and O–H groups in total.